The molecule has 0 rings (SSSR count). The van der Waals surface area contributed by atoms with Gasteiger partial charge in [-0.25, -0.2) is 0 Å². The number of aliphatic hydroxyl groups is 2. The van der Waals surface area contributed by atoms with Gasteiger partial charge in [0.05, 0.1) is 13.2 Å². The van der Waals surface area contributed by atoms with Gasteiger partial charge < -0.3 is 10.2 Å². The van der Waals surface area contributed by atoms with Gasteiger partial charge in [-0.05, 0) is 6.08 Å². The number of hydrogen-bond donors (Lipinski definition) is 2. The molecular formula is C7H15NO2+. The summed E-state index contributed by atoms with van der Waals surface area (Å²) in [5.74, 6) is 0. The van der Waals surface area contributed by atoms with Crippen molar-refractivity contribution < 1.29 is 10.2 Å². The van der Waals surface area contributed by atoms with E-state index in [4.69, 9.17) is 10.2 Å². The predicted molar refractivity (Wildman–Crippen MR) is 41.1 cm³/mol. The summed E-state index contributed by atoms with van der Waals surface area (Å²) < 4.78 is 0. The SMILES string of the molecule is C=CC[N+](CCO)CCO. The van der Waals surface area contributed by atoms with E-state index in [0.29, 0.717) is 13.1 Å². The summed E-state index contributed by atoms with van der Waals surface area (Å²) in [6.45, 7) is 5.76. The second-order valence-electron chi connectivity index (χ2n) is 2.04. The quantitative estimate of drug-likeness (QED) is 0.383. The minimum absolute atomic E-state index is 0.133. The Hall–Kier alpha value is -0.380. The number of hydrogen-bond acceptors (Lipinski definition) is 3. The van der Waals surface area contributed by atoms with E-state index in [1.54, 1.807) is 6.08 Å². The summed E-state index contributed by atoms with van der Waals surface area (Å²) in [6.07, 6.45) is 1.76. The smallest absolute Gasteiger partial charge is 0.146 e. The van der Waals surface area contributed by atoms with Crippen LogP contribution in [0.3, 0.4) is 0 Å². The third-order valence-corrected chi connectivity index (χ3v) is 1.22. The molecular weight excluding hydrogens is 130 g/mol. The van der Waals surface area contributed by atoms with Crippen molar-refractivity contribution in [2.45, 2.75) is 0 Å². The fourth-order valence-electron chi connectivity index (χ4n) is 0.760. The zero-order valence-electron chi connectivity index (χ0n) is 6.16. The summed E-state index contributed by atoms with van der Waals surface area (Å²) >= 11 is 0. The standard InChI is InChI=1S/C7H15NO2/c1-2-3-8(4-6-9)5-7-10/h2,9-10H,1,3-7H2/q+1. The van der Waals surface area contributed by atoms with Crippen molar-refractivity contribution in [2.24, 2.45) is 0 Å². The second-order valence-corrected chi connectivity index (χ2v) is 2.04. The zero-order chi connectivity index (χ0) is 7.82. The van der Waals surface area contributed by atoms with Crippen molar-refractivity contribution in [1.82, 2.24) is 4.90 Å². The topological polar surface area (TPSA) is 46.4 Å². The molecule has 2 N–H and O–H groups in total. The Bertz CT molecular complexity index is 79.7. The molecule has 0 spiro atoms. The minimum Gasteiger partial charge on any atom is -0.390 e. The molecule has 0 aliphatic carbocycles. The average Bonchev–Trinajstić information content (AvgIpc) is 1.90. The maximum Gasteiger partial charge on any atom is 0.146 e. The maximum absolute atomic E-state index is 8.53. The van der Waals surface area contributed by atoms with Crippen molar-refractivity contribution in [2.75, 3.05) is 32.8 Å². The second kappa shape index (κ2) is 6.74. The highest BCUT2D eigenvalue weighted by Gasteiger charge is 2.09. The van der Waals surface area contributed by atoms with Crippen LogP contribution in [0.2, 0.25) is 0 Å². The first-order valence-corrected chi connectivity index (χ1v) is 3.40. The van der Waals surface area contributed by atoms with Crippen LogP contribution in [0.15, 0.2) is 12.7 Å². The van der Waals surface area contributed by atoms with Gasteiger partial charge in [0.15, 0.2) is 0 Å². The third kappa shape index (κ3) is 4.49. The molecule has 59 valence electrons. The molecule has 1 radical (unpaired) electrons. The van der Waals surface area contributed by atoms with Crippen molar-refractivity contribution in [3.05, 3.63) is 12.7 Å². The fraction of sp³-hybridized carbons (Fsp3) is 0.714. The Morgan fingerprint density at radius 2 is 1.70 bits per heavy atom. The van der Waals surface area contributed by atoms with Crippen molar-refractivity contribution >= 4 is 0 Å². The Labute approximate surface area is 61.6 Å². The Morgan fingerprint density at radius 1 is 1.20 bits per heavy atom. The average molecular weight is 145 g/mol. The summed E-state index contributed by atoms with van der Waals surface area (Å²) in [4.78, 5) is 1.92. The van der Waals surface area contributed by atoms with Gasteiger partial charge in [0, 0.05) is 0 Å². The van der Waals surface area contributed by atoms with Crippen LogP contribution in [-0.2, 0) is 0 Å². The lowest BCUT2D eigenvalue weighted by Gasteiger charge is -2.06. The Balaban J connectivity index is 3.38. The van der Waals surface area contributed by atoms with Crippen molar-refractivity contribution in [3.63, 3.8) is 0 Å². The van der Waals surface area contributed by atoms with Crippen LogP contribution in [0.25, 0.3) is 0 Å². The molecule has 0 aliphatic rings. The van der Waals surface area contributed by atoms with Crippen LogP contribution < -0.4 is 4.90 Å². The minimum atomic E-state index is 0.133. The molecule has 10 heavy (non-hydrogen) atoms. The lowest BCUT2D eigenvalue weighted by molar-refractivity contribution is 0.224. The lowest BCUT2D eigenvalue weighted by atomic mass is 10.4. The Morgan fingerprint density at radius 3 is 2.00 bits per heavy atom. The maximum atomic E-state index is 8.53. The molecule has 0 atom stereocenters. The summed E-state index contributed by atoms with van der Waals surface area (Å²) in [7, 11) is 0. The zero-order valence-corrected chi connectivity index (χ0v) is 6.16. The van der Waals surface area contributed by atoms with Crippen LogP contribution in [0.1, 0.15) is 0 Å². The van der Waals surface area contributed by atoms with Crippen molar-refractivity contribution in [1.29, 1.82) is 0 Å². The van der Waals surface area contributed by atoms with Gasteiger partial charge in [-0.15, -0.1) is 0 Å². The summed E-state index contributed by atoms with van der Waals surface area (Å²) in [5, 5.41) is 17.1. The van der Waals surface area contributed by atoms with E-state index in [1.165, 1.54) is 0 Å². The van der Waals surface area contributed by atoms with E-state index in [9.17, 15) is 0 Å². The lowest BCUT2D eigenvalue weighted by Crippen LogP contribution is -2.35. The highest BCUT2D eigenvalue weighted by atomic mass is 16.3. The van der Waals surface area contributed by atoms with Gasteiger partial charge in [-0.2, -0.15) is 4.90 Å². The highest BCUT2D eigenvalue weighted by molar-refractivity contribution is 4.76. The van der Waals surface area contributed by atoms with Gasteiger partial charge in [0.25, 0.3) is 0 Å². The number of nitrogens with zero attached hydrogens (tertiary/aromatic N) is 1. The first kappa shape index (κ1) is 9.62. The molecule has 0 aromatic carbocycles. The van der Waals surface area contributed by atoms with Crippen LogP contribution in [0.5, 0.6) is 0 Å². The van der Waals surface area contributed by atoms with Crippen molar-refractivity contribution in [3.8, 4) is 0 Å². The highest BCUT2D eigenvalue weighted by Crippen LogP contribution is 1.80. The number of aliphatic hydroxyl groups excluding tert-OH is 2. The van der Waals surface area contributed by atoms with Crippen LogP contribution in [0.4, 0.5) is 0 Å². The van der Waals surface area contributed by atoms with E-state index < -0.39 is 0 Å². The molecule has 0 aliphatic heterocycles. The van der Waals surface area contributed by atoms with Crippen LogP contribution in [0, 0.1) is 0 Å². The molecule has 0 heterocycles. The molecule has 0 fully saturated rings. The van der Waals surface area contributed by atoms with E-state index in [-0.39, 0.29) is 13.2 Å². The predicted octanol–water partition coefficient (Wildman–Crippen LogP) is -0.703. The monoisotopic (exact) mass is 145 g/mol. The molecule has 0 aromatic rings. The summed E-state index contributed by atoms with van der Waals surface area (Å²) in [5.41, 5.74) is 0. The van der Waals surface area contributed by atoms with E-state index >= 15 is 0 Å². The summed E-state index contributed by atoms with van der Waals surface area (Å²) in [6, 6.07) is 0. The third-order valence-electron chi connectivity index (χ3n) is 1.22. The van der Waals surface area contributed by atoms with Crippen LogP contribution in [-0.4, -0.2) is 43.1 Å². The van der Waals surface area contributed by atoms with Crippen LogP contribution >= 0.6 is 0 Å². The molecule has 0 aromatic heterocycles. The molecule has 3 heteroatoms. The largest absolute Gasteiger partial charge is 0.390 e. The Kier molecular flexibility index (Phi) is 6.48. The molecule has 0 saturated heterocycles. The van der Waals surface area contributed by atoms with Gasteiger partial charge in [-0.1, -0.05) is 6.58 Å². The first-order valence-electron chi connectivity index (χ1n) is 3.40. The van der Waals surface area contributed by atoms with E-state index in [0.717, 1.165) is 6.54 Å². The van der Waals surface area contributed by atoms with Gasteiger partial charge in [0.1, 0.15) is 19.6 Å². The number of rotatable bonds is 6. The fourth-order valence-corrected chi connectivity index (χ4v) is 0.760. The molecule has 0 bridgehead atoms. The molecule has 3 nitrogen and oxygen atoms in total. The van der Waals surface area contributed by atoms with Gasteiger partial charge in [0.2, 0.25) is 0 Å². The van der Waals surface area contributed by atoms with Gasteiger partial charge in [-0.3, -0.25) is 0 Å². The van der Waals surface area contributed by atoms with E-state index in [1.807, 2.05) is 4.90 Å². The normalized spacial score (nSPS) is 10.3. The molecule has 0 saturated carbocycles. The molecule has 0 unspecified atom stereocenters. The first-order chi connectivity index (χ1) is 4.85. The molecule has 0 amide bonds. The van der Waals surface area contributed by atoms with E-state index in [2.05, 4.69) is 6.58 Å². The van der Waals surface area contributed by atoms with Gasteiger partial charge >= 0.3 is 0 Å².